The maximum absolute atomic E-state index is 13.6. The van der Waals surface area contributed by atoms with Gasteiger partial charge in [0, 0.05) is 34.9 Å². The summed E-state index contributed by atoms with van der Waals surface area (Å²) in [5, 5.41) is 0. The molecule has 0 aromatic heterocycles. The molecule has 0 radical (unpaired) electrons. The quantitative estimate of drug-likeness (QED) is 0.609. The molecular formula is C27H29NO4. The fourth-order valence-corrected chi connectivity index (χ4v) is 4.89. The summed E-state index contributed by atoms with van der Waals surface area (Å²) in [7, 11) is 1.60. The highest BCUT2D eigenvalue weighted by Gasteiger charge is 2.45. The summed E-state index contributed by atoms with van der Waals surface area (Å²) in [6, 6.07) is 17.7. The van der Waals surface area contributed by atoms with Crippen molar-refractivity contribution in [3.05, 3.63) is 77.0 Å². The van der Waals surface area contributed by atoms with Gasteiger partial charge >= 0.3 is 5.97 Å². The van der Waals surface area contributed by atoms with E-state index in [2.05, 4.69) is 12.1 Å². The fourth-order valence-electron chi connectivity index (χ4n) is 4.89. The Bertz CT molecular complexity index is 1080. The van der Waals surface area contributed by atoms with E-state index in [1.807, 2.05) is 63.2 Å². The first-order chi connectivity index (χ1) is 15.4. The molecular weight excluding hydrogens is 402 g/mol. The van der Waals surface area contributed by atoms with Crippen LogP contribution in [0.5, 0.6) is 5.75 Å². The van der Waals surface area contributed by atoms with Gasteiger partial charge in [0.15, 0.2) is 5.78 Å². The van der Waals surface area contributed by atoms with Crippen LogP contribution in [0.2, 0.25) is 0 Å². The number of benzene rings is 2. The van der Waals surface area contributed by atoms with Crippen molar-refractivity contribution in [2.45, 2.75) is 51.6 Å². The molecule has 1 aliphatic heterocycles. The molecule has 0 fully saturated rings. The number of methoxy groups -OCH3 is 1. The highest BCUT2D eigenvalue weighted by atomic mass is 16.5. The number of carbonyl (C=O) groups excluding carboxylic acids is 2. The van der Waals surface area contributed by atoms with E-state index in [1.165, 1.54) is 0 Å². The molecule has 32 heavy (non-hydrogen) atoms. The largest absolute Gasteiger partial charge is 0.496 e. The van der Waals surface area contributed by atoms with Gasteiger partial charge in [-0.2, -0.15) is 0 Å². The second kappa shape index (κ2) is 9.11. The molecule has 5 nitrogen and oxygen atoms in total. The van der Waals surface area contributed by atoms with Gasteiger partial charge < -0.3 is 9.47 Å². The number of hydrogen-bond acceptors (Lipinski definition) is 5. The summed E-state index contributed by atoms with van der Waals surface area (Å²) in [6.07, 6.45) is 0.809. The normalized spacial score (nSPS) is 23.0. The van der Waals surface area contributed by atoms with Gasteiger partial charge in [-0.15, -0.1) is 0 Å². The fraction of sp³-hybridized carbons (Fsp3) is 0.370. The molecule has 1 aliphatic carbocycles. The van der Waals surface area contributed by atoms with Crippen LogP contribution < -0.4 is 4.74 Å². The molecule has 166 valence electrons. The Morgan fingerprint density at radius 3 is 2.41 bits per heavy atom. The van der Waals surface area contributed by atoms with E-state index in [4.69, 9.17) is 14.5 Å². The van der Waals surface area contributed by atoms with Crippen LogP contribution in [0, 0.1) is 5.92 Å². The van der Waals surface area contributed by atoms with Crippen molar-refractivity contribution in [2.24, 2.45) is 10.9 Å². The molecule has 3 atom stereocenters. The van der Waals surface area contributed by atoms with Crippen molar-refractivity contribution in [2.75, 3.05) is 7.11 Å². The van der Waals surface area contributed by atoms with Gasteiger partial charge in [-0.25, -0.2) is 0 Å². The van der Waals surface area contributed by atoms with Crippen molar-refractivity contribution in [3.8, 4) is 5.75 Å². The molecule has 4 rings (SSSR count). The first-order valence-corrected chi connectivity index (χ1v) is 11.1. The van der Waals surface area contributed by atoms with Gasteiger partial charge in [0.1, 0.15) is 11.7 Å². The van der Waals surface area contributed by atoms with Gasteiger partial charge in [0.25, 0.3) is 0 Å². The number of carbonyl (C=O) groups is 2. The van der Waals surface area contributed by atoms with E-state index in [0.717, 1.165) is 16.8 Å². The Morgan fingerprint density at radius 2 is 1.72 bits per heavy atom. The summed E-state index contributed by atoms with van der Waals surface area (Å²) in [6.45, 7) is 5.51. The summed E-state index contributed by atoms with van der Waals surface area (Å²) < 4.78 is 11.2. The summed E-state index contributed by atoms with van der Waals surface area (Å²) in [5.74, 6) is -0.731. The van der Waals surface area contributed by atoms with Gasteiger partial charge in [-0.3, -0.25) is 14.6 Å². The number of esters is 1. The van der Waals surface area contributed by atoms with Crippen LogP contribution in [0.3, 0.4) is 0 Å². The summed E-state index contributed by atoms with van der Waals surface area (Å²) in [4.78, 5) is 31.6. The zero-order valence-corrected chi connectivity index (χ0v) is 19.0. The third kappa shape index (κ3) is 4.12. The number of hydrogen-bond donors (Lipinski definition) is 0. The maximum atomic E-state index is 13.6. The third-order valence-corrected chi connectivity index (χ3v) is 6.24. The summed E-state index contributed by atoms with van der Waals surface area (Å²) >= 11 is 0. The molecule has 2 aromatic rings. The van der Waals surface area contributed by atoms with Crippen molar-refractivity contribution >= 4 is 17.5 Å². The lowest BCUT2D eigenvalue weighted by atomic mass is 9.69. The predicted octanol–water partition coefficient (Wildman–Crippen LogP) is 5.22. The van der Waals surface area contributed by atoms with Gasteiger partial charge in [0.2, 0.25) is 0 Å². The minimum atomic E-state index is -0.662. The van der Waals surface area contributed by atoms with Crippen LogP contribution in [0.25, 0.3) is 0 Å². The van der Waals surface area contributed by atoms with Crippen molar-refractivity contribution < 1.29 is 19.1 Å². The topological polar surface area (TPSA) is 65.0 Å². The van der Waals surface area contributed by atoms with Crippen LogP contribution in [-0.2, 0) is 14.3 Å². The van der Waals surface area contributed by atoms with E-state index >= 15 is 0 Å². The van der Waals surface area contributed by atoms with E-state index in [0.29, 0.717) is 29.9 Å². The molecule has 1 heterocycles. The van der Waals surface area contributed by atoms with E-state index < -0.39 is 11.8 Å². The Kier molecular flexibility index (Phi) is 6.26. The zero-order valence-electron chi connectivity index (χ0n) is 19.0. The Morgan fingerprint density at radius 1 is 1.03 bits per heavy atom. The molecule has 0 spiro atoms. The first-order valence-electron chi connectivity index (χ1n) is 11.1. The van der Waals surface area contributed by atoms with Gasteiger partial charge in [-0.05, 0) is 44.7 Å². The lowest BCUT2D eigenvalue weighted by Crippen LogP contribution is -2.39. The van der Waals surface area contributed by atoms with Crippen molar-refractivity contribution in [1.82, 2.24) is 0 Å². The van der Waals surface area contributed by atoms with Crippen LogP contribution in [-0.4, -0.2) is 30.7 Å². The lowest BCUT2D eigenvalue weighted by Gasteiger charge is -2.37. The molecule has 0 amide bonds. The van der Waals surface area contributed by atoms with E-state index in [9.17, 15) is 9.59 Å². The standard InChI is InChI=1S/C27H29NO4/c1-16(2)32-27(30)24-17(3)28-21-14-19(18-10-6-5-7-11-18)15-22(29)26(21)25(24)20-12-8-9-13-23(20)31-4/h5-13,16,19,24-25H,14-15H2,1-4H3/t19-,24?,25-/m0/s1. The molecule has 0 saturated carbocycles. The van der Waals surface area contributed by atoms with Crippen LogP contribution in [0.15, 0.2) is 70.9 Å². The monoisotopic (exact) mass is 431 g/mol. The highest BCUT2D eigenvalue weighted by Crippen LogP contribution is 2.48. The van der Waals surface area contributed by atoms with Gasteiger partial charge in [0.05, 0.1) is 13.2 Å². The van der Waals surface area contributed by atoms with E-state index in [1.54, 1.807) is 7.11 Å². The maximum Gasteiger partial charge on any atom is 0.315 e. The molecule has 0 saturated heterocycles. The second-order valence-electron chi connectivity index (χ2n) is 8.74. The average molecular weight is 432 g/mol. The van der Waals surface area contributed by atoms with Gasteiger partial charge in [-0.1, -0.05) is 48.5 Å². The number of nitrogens with zero attached hydrogens (tertiary/aromatic N) is 1. The van der Waals surface area contributed by atoms with Crippen molar-refractivity contribution in [1.29, 1.82) is 0 Å². The number of rotatable bonds is 5. The minimum absolute atomic E-state index is 0.0367. The SMILES string of the molecule is COc1ccccc1[C@@H]1C2=C(C[C@H](c3ccccc3)CC2=O)N=C(C)C1C(=O)OC(C)C. The molecule has 0 N–H and O–H groups in total. The number of Topliss-reactive ketones (excluding diaryl/α,β-unsaturated/α-hetero) is 1. The third-order valence-electron chi connectivity index (χ3n) is 6.24. The number of ketones is 1. The number of allylic oxidation sites excluding steroid dienone is 2. The zero-order chi connectivity index (χ0) is 22.8. The average Bonchev–Trinajstić information content (AvgIpc) is 2.78. The van der Waals surface area contributed by atoms with Crippen LogP contribution in [0.1, 0.15) is 56.6 Å². The first kappa shape index (κ1) is 22.0. The minimum Gasteiger partial charge on any atom is -0.496 e. The molecule has 5 heteroatoms. The van der Waals surface area contributed by atoms with Crippen molar-refractivity contribution in [3.63, 3.8) is 0 Å². The Hall–Kier alpha value is -3.21. The number of para-hydroxylation sites is 1. The van der Waals surface area contributed by atoms with E-state index in [-0.39, 0.29) is 23.8 Å². The molecule has 1 unspecified atom stereocenters. The Balaban J connectivity index is 1.83. The van der Waals surface area contributed by atoms with Crippen LogP contribution >= 0.6 is 0 Å². The lowest BCUT2D eigenvalue weighted by molar-refractivity contribution is -0.150. The number of aliphatic imine (C=N–C) groups is 1. The Labute approximate surface area is 189 Å². The smallest absolute Gasteiger partial charge is 0.315 e. The second-order valence-corrected chi connectivity index (χ2v) is 8.74. The highest BCUT2D eigenvalue weighted by molar-refractivity contribution is 6.09. The number of ether oxygens (including phenoxy) is 2. The van der Waals surface area contributed by atoms with Crippen LogP contribution in [0.4, 0.5) is 0 Å². The molecule has 2 aliphatic rings. The summed E-state index contributed by atoms with van der Waals surface area (Å²) in [5.41, 5.74) is 4.02. The predicted molar refractivity (Wildman–Crippen MR) is 124 cm³/mol. The molecule has 2 aromatic carbocycles. The molecule has 0 bridgehead atoms.